The van der Waals surface area contributed by atoms with Crippen molar-refractivity contribution in [2.24, 2.45) is 0 Å². The third-order valence-corrected chi connectivity index (χ3v) is 13.2. The summed E-state index contributed by atoms with van der Waals surface area (Å²) in [5, 5.41) is 13.7. The molecule has 0 saturated heterocycles. The van der Waals surface area contributed by atoms with Gasteiger partial charge in [0.1, 0.15) is 22.3 Å². The van der Waals surface area contributed by atoms with Crippen LogP contribution in [-0.4, -0.2) is 0 Å². The van der Waals surface area contributed by atoms with Crippen molar-refractivity contribution in [2.75, 3.05) is 9.80 Å². The first-order chi connectivity index (χ1) is 31.5. The highest BCUT2D eigenvalue weighted by atomic mass is 16.3. The summed E-state index contributed by atoms with van der Waals surface area (Å²) in [6.07, 6.45) is 0. The molecular weight excluding hydrogens is 781 g/mol. The number of nitrogens with zero attached hydrogens (tertiary/aromatic N) is 2. The Morgan fingerprint density at radius 1 is 0.281 bits per heavy atom. The number of para-hydroxylation sites is 2. The summed E-state index contributed by atoms with van der Waals surface area (Å²) in [4.78, 5) is 4.77. The summed E-state index contributed by atoms with van der Waals surface area (Å²) in [6, 6.07) is 74.2. The molecule has 0 unspecified atom stereocenters. The van der Waals surface area contributed by atoms with Crippen molar-refractivity contribution < 1.29 is 8.83 Å². The monoisotopic (exact) mass is 820 g/mol. The molecule has 0 radical (unpaired) electrons. The topological polar surface area (TPSA) is 32.8 Å². The zero-order chi connectivity index (χ0) is 42.5. The SMILES string of the molecule is Cc1ccccc1N(c1ccc2cc3c(cc2c1)oc1ccc2oc4cc5cc(N(c6ccccc6C)c6cccc7ccccc67)ccc5cc4c2c13)c1cccc2ccccc12. The highest BCUT2D eigenvalue weighted by Gasteiger charge is 2.22. The molecule has 0 N–H and O–H groups in total. The minimum absolute atomic E-state index is 0.845. The summed E-state index contributed by atoms with van der Waals surface area (Å²) in [5.41, 5.74) is 12.6. The van der Waals surface area contributed by atoms with Gasteiger partial charge in [-0.1, -0.05) is 121 Å². The molecule has 0 spiro atoms. The third kappa shape index (κ3) is 5.62. The van der Waals surface area contributed by atoms with E-state index in [1.807, 2.05) is 0 Å². The average molecular weight is 821 g/mol. The molecule has 0 bridgehead atoms. The van der Waals surface area contributed by atoms with Crippen LogP contribution in [0.15, 0.2) is 215 Å². The predicted octanol–water partition coefficient (Wildman–Crippen LogP) is 17.7. The minimum atomic E-state index is 0.845. The Labute approximate surface area is 369 Å². The standard InChI is InChI=1S/C60H40N2O2/c1-37-13-3-9-21-51(37)61(53-23-11-17-39-15-5-7-19-47(39)53)45-27-25-41-33-49-57(35-43(41)31-45)63-55-29-30-56-60(59(49)55)50-34-42-26-28-46(32-44(42)36-58(50)64-56)62(52-22-10-4-14-38(52)2)54-24-12-18-40-16-6-8-20-48(40)54/h3-36H,1-2H3. The lowest BCUT2D eigenvalue weighted by Gasteiger charge is -2.28. The summed E-state index contributed by atoms with van der Waals surface area (Å²) in [7, 11) is 0. The summed E-state index contributed by atoms with van der Waals surface area (Å²) < 4.78 is 13.5. The number of anilines is 6. The number of hydrogen-bond donors (Lipinski definition) is 0. The predicted molar refractivity (Wildman–Crippen MR) is 270 cm³/mol. The molecule has 2 heterocycles. The smallest absolute Gasteiger partial charge is 0.136 e. The van der Waals surface area contributed by atoms with Crippen LogP contribution in [0, 0.1) is 13.8 Å². The largest absolute Gasteiger partial charge is 0.456 e. The van der Waals surface area contributed by atoms with E-state index in [1.165, 1.54) is 32.7 Å². The van der Waals surface area contributed by atoms with Gasteiger partial charge >= 0.3 is 0 Å². The van der Waals surface area contributed by atoms with Gasteiger partial charge in [-0.25, -0.2) is 0 Å². The Morgan fingerprint density at radius 2 is 0.688 bits per heavy atom. The normalized spacial score (nSPS) is 11.9. The molecule has 0 saturated carbocycles. The van der Waals surface area contributed by atoms with Gasteiger partial charge in [0.2, 0.25) is 0 Å². The van der Waals surface area contributed by atoms with Crippen LogP contribution < -0.4 is 9.80 Å². The third-order valence-electron chi connectivity index (χ3n) is 13.2. The lowest BCUT2D eigenvalue weighted by atomic mass is 10.00. The van der Waals surface area contributed by atoms with Gasteiger partial charge in [-0.05, 0) is 142 Å². The zero-order valence-electron chi connectivity index (χ0n) is 35.3. The van der Waals surface area contributed by atoms with Crippen molar-refractivity contribution in [2.45, 2.75) is 13.8 Å². The van der Waals surface area contributed by atoms with E-state index in [1.54, 1.807) is 0 Å². The first kappa shape index (κ1) is 36.3. The van der Waals surface area contributed by atoms with E-state index < -0.39 is 0 Å². The van der Waals surface area contributed by atoms with Gasteiger partial charge < -0.3 is 18.6 Å². The van der Waals surface area contributed by atoms with Crippen LogP contribution >= 0.6 is 0 Å². The van der Waals surface area contributed by atoms with Gasteiger partial charge in [-0.3, -0.25) is 0 Å². The molecule has 0 fully saturated rings. The number of furan rings is 2. The summed E-state index contributed by atoms with van der Waals surface area (Å²) >= 11 is 0. The highest BCUT2D eigenvalue weighted by molar-refractivity contribution is 6.28. The minimum Gasteiger partial charge on any atom is -0.456 e. The van der Waals surface area contributed by atoms with Gasteiger partial charge in [0, 0.05) is 55.1 Å². The maximum Gasteiger partial charge on any atom is 0.136 e. The van der Waals surface area contributed by atoms with Crippen LogP contribution in [0.1, 0.15) is 11.1 Å². The Kier molecular flexibility index (Phi) is 8.00. The summed E-state index contributed by atoms with van der Waals surface area (Å²) in [6.45, 7) is 4.36. The van der Waals surface area contributed by atoms with E-state index in [0.717, 1.165) is 99.5 Å². The molecule has 4 nitrogen and oxygen atoms in total. The maximum atomic E-state index is 6.73. The van der Waals surface area contributed by atoms with E-state index in [2.05, 4.69) is 230 Å². The number of aryl methyl sites for hydroxylation is 2. The van der Waals surface area contributed by atoms with Crippen LogP contribution in [0.2, 0.25) is 0 Å². The van der Waals surface area contributed by atoms with Gasteiger partial charge in [-0.15, -0.1) is 0 Å². The van der Waals surface area contributed by atoms with E-state index in [4.69, 9.17) is 8.83 Å². The second-order valence-corrected chi connectivity index (χ2v) is 17.0. The van der Waals surface area contributed by atoms with Crippen LogP contribution in [0.25, 0.3) is 87.0 Å². The molecule has 13 rings (SSSR count). The average Bonchev–Trinajstić information content (AvgIpc) is 3.88. The van der Waals surface area contributed by atoms with E-state index >= 15 is 0 Å². The number of hydrogen-bond acceptors (Lipinski definition) is 4. The van der Waals surface area contributed by atoms with Gasteiger partial charge in [0.25, 0.3) is 0 Å². The molecule has 302 valence electrons. The molecule has 11 aromatic carbocycles. The van der Waals surface area contributed by atoms with E-state index in [0.29, 0.717) is 0 Å². The molecule has 0 aliphatic heterocycles. The molecule has 4 heteroatoms. The zero-order valence-corrected chi connectivity index (χ0v) is 35.3. The van der Waals surface area contributed by atoms with Crippen molar-refractivity contribution in [3.8, 4) is 0 Å². The van der Waals surface area contributed by atoms with Gasteiger partial charge in [-0.2, -0.15) is 0 Å². The molecular formula is C60H40N2O2. The summed E-state index contributed by atoms with van der Waals surface area (Å²) in [5.74, 6) is 0. The highest BCUT2D eigenvalue weighted by Crippen LogP contribution is 2.46. The molecule has 0 atom stereocenters. The number of rotatable bonds is 6. The van der Waals surface area contributed by atoms with Crippen LogP contribution in [0.5, 0.6) is 0 Å². The Hall–Kier alpha value is -8.34. The van der Waals surface area contributed by atoms with Crippen LogP contribution in [0.4, 0.5) is 34.1 Å². The first-order valence-electron chi connectivity index (χ1n) is 21.9. The lowest BCUT2D eigenvalue weighted by molar-refractivity contribution is 0.663. The lowest BCUT2D eigenvalue weighted by Crippen LogP contribution is -2.11. The molecule has 64 heavy (non-hydrogen) atoms. The molecule has 13 aromatic rings. The second-order valence-electron chi connectivity index (χ2n) is 17.0. The van der Waals surface area contributed by atoms with Gasteiger partial charge in [0.15, 0.2) is 0 Å². The maximum absolute atomic E-state index is 6.73. The fourth-order valence-corrected chi connectivity index (χ4v) is 10.1. The fourth-order valence-electron chi connectivity index (χ4n) is 10.1. The van der Waals surface area contributed by atoms with Crippen molar-refractivity contribution in [3.05, 3.63) is 217 Å². The van der Waals surface area contributed by atoms with E-state index in [-0.39, 0.29) is 0 Å². The van der Waals surface area contributed by atoms with Crippen molar-refractivity contribution in [1.82, 2.24) is 0 Å². The molecule has 2 aromatic heterocycles. The fraction of sp³-hybridized carbons (Fsp3) is 0.0333. The molecule has 0 aliphatic carbocycles. The van der Waals surface area contributed by atoms with Crippen molar-refractivity contribution >= 4 is 121 Å². The molecule has 0 amide bonds. The Balaban J connectivity index is 0.958. The van der Waals surface area contributed by atoms with Crippen LogP contribution in [-0.2, 0) is 0 Å². The van der Waals surface area contributed by atoms with Crippen molar-refractivity contribution in [1.29, 1.82) is 0 Å². The first-order valence-corrected chi connectivity index (χ1v) is 21.9. The Morgan fingerprint density at radius 3 is 1.16 bits per heavy atom. The van der Waals surface area contributed by atoms with Crippen molar-refractivity contribution in [3.63, 3.8) is 0 Å². The Bertz CT molecular complexity index is 3750. The van der Waals surface area contributed by atoms with E-state index in [9.17, 15) is 0 Å². The number of benzene rings is 11. The second kappa shape index (κ2) is 14.1. The number of fused-ring (bicyclic) bond motifs is 11. The van der Waals surface area contributed by atoms with Crippen LogP contribution in [0.3, 0.4) is 0 Å². The molecule has 0 aliphatic rings. The van der Waals surface area contributed by atoms with Gasteiger partial charge in [0.05, 0.1) is 11.4 Å². The quantitative estimate of drug-likeness (QED) is 0.167.